The number of hydrogen-bond donors (Lipinski definition) is 0. The van der Waals surface area contributed by atoms with E-state index in [4.69, 9.17) is 4.42 Å². The largest absolute Gasteiger partial charge is 0.456 e. The molecule has 142 heavy (non-hydrogen) atoms. The van der Waals surface area contributed by atoms with Crippen molar-refractivity contribution < 1.29 is 17.6 Å². The zero-order valence-corrected chi connectivity index (χ0v) is 78.1. The molecule has 8 heteroatoms. The number of fused-ring (bicyclic) bond motifs is 9. The molecular weight excluding hydrogens is 1760 g/mol. The Morgan fingerprint density at radius 3 is 0.810 bits per heavy atom. The summed E-state index contributed by atoms with van der Waals surface area (Å²) in [5, 5.41) is 9.41. The van der Waals surface area contributed by atoms with E-state index in [1.807, 2.05) is 241 Å². The van der Waals surface area contributed by atoms with Crippen molar-refractivity contribution in [3.63, 3.8) is 0 Å². The summed E-state index contributed by atoms with van der Waals surface area (Å²) in [4.78, 5) is 6.14. The Morgan fingerprint density at radius 1 is 0.155 bits per heavy atom. The van der Waals surface area contributed by atoms with Crippen molar-refractivity contribution in [3.8, 4) is 111 Å². The fourth-order valence-corrected chi connectivity index (χ4v) is 20.8. The highest BCUT2D eigenvalue weighted by atomic mass is 32.1. The quantitative estimate of drug-likeness (QED) is 0.0753. The van der Waals surface area contributed by atoms with Gasteiger partial charge in [-0.1, -0.05) is 413 Å². The van der Waals surface area contributed by atoms with Gasteiger partial charge in [0.1, 0.15) is 28.6 Å². The maximum atomic E-state index is 17.1. The molecule has 2 aromatic heterocycles. The van der Waals surface area contributed by atoms with Crippen LogP contribution in [0.2, 0.25) is 0 Å². The second-order valence-corrected chi connectivity index (χ2v) is 36.4. The predicted octanol–water partition coefficient (Wildman–Crippen LogP) is 39.1. The van der Waals surface area contributed by atoms with Crippen LogP contribution < -0.4 is 14.7 Å². The second kappa shape index (κ2) is 39.5. The number of thiophene rings is 1. The van der Waals surface area contributed by atoms with Gasteiger partial charge in [-0.2, -0.15) is 0 Å². The first kappa shape index (κ1) is 87.8. The van der Waals surface area contributed by atoms with Crippen LogP contribution in [0.25, 0.3) is 175 Å². The van der Waals surface area contributed by atoms with Gasteiger partial charge in [-0.05, 0) is 244 Å². The normalized spacial score (nSPS) is 11.2. The summed E-state index contributed by atoms with van der Waals surface area (Å²) in [7, 11) is 0. The number of benzene rings is 23. The summed E-state index contributed by atoms with van der Waals surface area (Å²) in [5.74, 6) is -0.886. The fraction of sp³-hybridized carbons (Fsp3) is 0. The molecule has 0 N–H and O–H groups in total. The van der Waals surface area contributed by atoms with Gasteiger partial charge in [0.15, 0.2) is 0 Å². The first-order chi connectivity index (χ1) is 70.2. The average Bonchev–Trinajstić information content (AvgIpc) is 1.42. The van der Waals surface area contributed by atoms with E-state index >= 15 is 13.2 Å². The molecule has 4 nitrogen and oxygen atoms in total. The minimum absolute atomic E-state index is 0.279. The van der Waals surface area contributed by atoms with E-state index in [1.54, 1.807) is 29.5 Å². The molecule has 0 aliphatic carbocycles. The highest BCUT2D eigenvalue weighted by Crippen LogP contribution is 2.52. The second-order valence-electron chi connectivity index (χ2n) is 35.3. The lowest BCUT2D eigenvalue weighted by molar-refractivity contribution is 0.629. The summed E-state index contributed by atoms with van der Waals surface area (Å²) in [6, 6.07) is 185. The highest BCUT2D eigenvalue weighted by molar-refractivity contribution is 7.25. The molecule has 0 saturated carbocycles. The van der Waals surface area contributed by atoms with Gasteiger partial charge in [0.25, 0.3) is 0 Å². The van der Waals surface area contributed by atoms with E-state index in [0.29, 0.717) is 17.1 Å². The van der Waals surface area contributed by atoms with E-state index < -0.39 is 0 Å². The molecule has 2 heterocycles. The zero-order valence-electron chi connectivity index (χ0n) is 77.3. The molecule has 0 spiro atoms. The highest BCUT2D eigenvalue weighted by Gasteiger charge is 2.29. The third-order valence-corrected chi connectivity index (χ3v) is 27.7. The summed E-state index contributed by atoms with van der Waals surface area (Å²) >= 11 is 1.77. The minimum atomic E-state index is -0.313. The molecule has 0 fully saturated rings. The monoisotopic (exact) mass is 1850 g/mol. The molecule has 0 unspecified atom stereocenters. The fourth-order valence-electron chi connectivity index (χ4n) is 19.7. The van der Waals surface area contributed by atoms with Crippen LogP contribution in [0, 0.1) is 17.5 Å². The standard InChI is InChI=1S/C50H34FN.C42H28FNO.C42H28FNS/c51-49-34-41(36-16-6-2-7-17-36)33-48(38-18-8-3-9-19-38)50(49)52(42-28-24-37(25-29-42)35-14-4-1-5-15-35)43-30-26-39(27-31-43)47-32-40-20-10-11-21-44(40)45-22-12-13-23-46(45)47;2*43-39-27-33(30-14-6-2-7-15-30)26-38(32-16-8-3-9-17-32)42(39)44(34-22-20-31(21-23-34)29-12-4-1-5-13-29)35-24-25-37-36-18-10-11-19-40(36)45-41(37)28-35/h1-34H;2*1-28H. The topological polar surface area (TPSA) is 22.9 Å². The Balaban J connectivity index is 0.000000119. The summed E-state index contributed by atoms with van der Waals surface area (Å²) in [6.45, 7) is 0. The van der Waals surface area contributed by atoms with Gasteiger partial charge in [-0.15, -0.1) is 11.3 Å². The number of hydrogen-bond acceptors (Lipinski definition) is 5. The first-order valence-corrected chi connectivity index (χ1v) is 48.5. The van der Waals surface area contributed by atoms with Crippen LogP contribution >= 0.6 is 11.3 Å². The average molecular weight is 1850 g/mol. The Labute approximate surface area is 827 Å². The maximum absolute atomic E-state index is 17.1. The van der Waals surface area contributed by atoms with Gasteiger partial charge < -0.3 is 19.1 Å². The van der Waals surface area contributed by atoms with Crippen LogP contribution in [0.5, 0.6) is 0 Å². The molecule has 25 rings (SSSR count). The Bertz CT molecular complexity index is 8480. The summed E-state index contributed by atoms with van der Waals surface area (Å²) < 4.78 is 59.5. The Kier molecular flexibility index (Phi) is 24.4. The number of nitrogens with zero attached hydrogens (tertiary/aromatic N) is 3. The number of furan rings is 1. The minimum Gasteiger partial charge on any atom is -0.456 e. The van der Waals surface area contributed by atoms with Crippen LogP contribution in [0.1, 0.15) is 0 Å². The van der Waals surface area contributed by atoms with E-state index in [2.05, 4.69) is 301 Å². The van der Waals surface area contributed by atoms with Crippen LogP contribution in [0.3, 0.4) is 0 Å². The molecule has 0 aliphatic heterocycles. The molecule has 0 radical (unpaired) electrons. The summed E-state index contributed by atoms with van der Waals surface area (Å²) in [5.41, 5.74) is 27.9. The molecule has 0 aliphatic rings. The van der Waals surface area contributed by atoms with Crippen molar-refractivity contribution in [3.05, 3.63) is 563 Å². The van der Waals surface area contributed by atoms with E-state index in [1.165, 1.54) is 47.3 Å². The van der Waals surface area contributed by atoms with E-state index in [0.717, 1.165) is 162 Å². The van der Waals surface area contributed by atoms with Crippen molar-refractivity contribution >= 4 is 126 Å². The maximum Gasteiger partial charge on any atom is 0.148 e. The third kappa shape index (κ3) is 17.8. The van der Waals surface area contributed by atoms with Crippen LogP contribution in [0.15, 0.2) is 550 Å². The molecule has 0 saturated heterocycles. The SMILES string of the molecule is Fc1cc(-c2ccccc2)cc(-c2ccccc2)c1N(c1ccc(-c2ccccc2)cc1)c1ccc(-c2cc3ccccc3c3ccccc23)cc1.Fc1cc(-c2ccccc2)cc(-c2ccccc2)c1N(c1ccc(-c2ccccc2)cc1)c1ccc2c(c1)oc1ccccc12.Fc1cc(-c2ccccc2)cc(-c2ccccc2)c1N(c1ccc(-c2ccccc2)cc1)c1ccc2c(c1)sc1ccccc12. The molecule has 23 aromatic carbocycles. The summed E-state index contributed by atoms with van der Waals surface area (Å²) in [6.07, 6.45) is 0. The Morgan fingerprint density at radius 2 is 0.415 bits per heavy atom. The lowest BCUT2D eigenvalue weighted by Gasteiger charge is -2.29. The predicted molar refractivity (Wildman–Crippen MR) is 593 cm³/mol. The lowest BCUT2D eigenvalue weighted by atomic mass is 9.93. The van der Waals surface area contributed by atoms with Gasteiger partial charge >= 0.3 is 0 Å². The molecule has 0 amide bonds. The molecule has 674 valence electrons. The number of halogens is 3. The molecule has 0 bridgehead atoms. The smallest absolute Gasteiger partial charge is 0.148 e. The van der Waals surface area contributed by atoms with Crippen molar-refractivity contribution in [2.75, 3.05) is 14.7 Å². The Hall–Kier alpha value is -18.2. The van der Waals surface area contributed by atoms with Crippen molar-refractivity contribution in [1.82, 2.24) is 0 Å². The van der Waals surface area contributed by atoms with E-state index in [-0.39, 0.29) is 17.5 Å². The number of para-hydroxylation sites is 1. The lowest BCUT2D eigenvalue weighted by Crippen LogP contribution is -2.13. The van der Waals surface area contributed by atoms with Gasteiger partial charge in [-0.25, -0.2) is 13.2 Å². The first-order valence-electron chi connectivity index (χ1n) is 47.7. The van der Waals surface area contributed by atoms with Crippen LogP contribution in [-0.2, 0) is 0 Å². The van der Waals surface area contributed by atoms with Crippen molar-refractivity contribution in [2.45, 2.75) is 0 Å². The number of anilines is 9. The van der Waals surface area contributed by atoms with E-state index in [9.17, 15) is 0 Å². The van der Waals surface area contributed by atoms with Gasteiger partial charge in [-0.3, -0.25) is 0 Å². The van der Waals surface area contributed by atoms with Crippen molar-refractivity contribution in [2.24, 2.45) is 0 Å². The van der Waals surface area contributed by atoms with Gasteiger partial charge in [0.2, 0.25) is 0 Å². The molecule has 25 aromatic rings. The van der Waals surface area contributed by atoms with Gasteiger partial charge in [0, 0.05) is 82.1 Å². The number of rotatable bonds is 19. The van der Waals surface area contributed by atoms with Gasteiger partial charge in [0.05, 0.1) is 22.7 Å². The van der Waals surface area contributed by atoms with Crippen LogP contribution in [0.4, 0.5) is 64.4 Å². The molecule has 0 atom stereocenters. The van der Waals surface area contributed by atoms with Crippen LogP contribution in [-0.4, -0.2) is 0 Å². The molecular formula is C134H90F3N3OS. The third-order valence-electron chi connectivity index (χ3n) is 26.6. The zero-order chi connectivity index (χ0) is 95.2. The van der Waals surface area contributed by atoms with Crippen molar-refractivity contribution in [1.29, 1.82) is 0 Å².